The lowest BCUT2D eigenvalue weighted by Gasteiger charge is -1.93. The average Bonchev–Trinajstić information content (AvgIpc) is 2.52. The van der Waals surface area contributed by atoms with Crippen molar-refractivity contribution in [3.8, 4) is 0 Å². The van der Waals surface area contributed by atoms with Crippen molar-refractivity contribution in [3.05, 3.63) is 24.3 Å². The van der Waals surface area contributed by atoms with E-state index in [1.165, 1.54) is 12.1 Å². The maximum Gasteiger partial charge on any atom is 0.151 e. The van der Waals surface area contributed by atoms with Crippen LogP contribution in [0.4, 0.5) is 0 Å². The second kappa shape index (κ2) is 4.10. The van der Waals surface area contributed by atoms with Gasteiger partial charge in [-0.3, -0.25) is 4.79 Å². The molecule has 0 saturated carbocycles. The van der Waals surface area contributed by atoms with Crippen molar-refractivity contribution in [1.82, 2.24) is 4.72 Å². The second-order valence-corrected chi connectivity index (χ2v) is 2.58. The van der Waals surface area contributed by atoms with Gasteiger partial charge in [0.2, 0.25) is 0 Å². The average molecular weight is 168 g/mol. The van der Waals surface area contributed by atoms with Crippen LogP contribution in [-0.4, -0.2) is 18.5 Å². The molecule has 0 aromatic heterocycles. The van der Waals surface area contributed by atoms with Crippen molar-refractivity contribution in [2.75, 3.05) is 6.54 Å². The number of allylic oxidation sites excluding steroid dienone is 2. The first-order valence-electron chi connectivity index (χ1n) is 3.12. The van der Waals surface area contributed by atoms with Gasteiger partial charge in [-0.1, -0.05) is 18.7 Å². The van der Waals surface area contributed by atoms with Crippen LogP contribution in [-0.2, 0) is 4.79 Å². The van der Waals surface area contributed by atoms with E-state index in [4.69, 9.17) is 0 Å². The third kappa shape index (κ3) is 2.03. The largest absolute Gasteiger partial charge is 0.298 e. The minimum absolute atomic E-state index is 0.595. The number of hydrogen-bond donors (Lipinski definition) is 1. The van der Waals surface area contributed by atoms with Crippen molar-refractivity contribution >= 4 is 24.1 Å². The summed E-state index contributed by atoms with van der Waals surface area (Å²) in [6.45, 7) is 4.14. The molecule has 0 aliphatic carbocycles. The van der Waals surface area contributed by atoms with Crippen LogP contribution in [0.25, 0.3) is 0 Å². The molecule has 58 valence electrons. The lowest BCUT2D eigenvalue weighted by atomic mass is 10.1. The molecular formula is C7H8N2OS. The molecule has 0 bridgehead atoms. The van der Waals surface area contributed by atoms with E-state index in [1.54, 1.807) is 12.2 Å². The summed E-state index contributed by atoms with van der Waals surface area (Å²) in [5.41, 5.74) is 1.38. The Hall–Kier alpha value is -0.870. The van der Waals surface area contributed by atoms with Gasteiger partial charge in [-0.25, -0.2) is 9.12 Å². The van der Waals surface area contributed by atoms with E-state index in [-0.39, 0.29) is 0 Å². The summed E-state index contributed by atoms with van der Waals surface area (Å²) in [5.74, 6) is 0. The van der Waals surface area contributed by atoms with E-state index in [0.717, 1.165) is 12.0 Å². The highest BCUT2D eigenvalue weighted by molar-refractivity contribution is 7.96. The number of hydrogen-bond acceptors (Lipinski definition) is 4. The molecule has 1 aliphatic rings. The van der Waals surface area contributed by atoms with Crippen molar-refractivity contribution < 1.29 is 4.79 Å². The van der Waals surface area contributed by atoms with Gasteiger partial charge in [0.05, 0.1) is 24.4 Å². The Bertz CT molecular complexity index is 233. The van der Waals surface area contributed by atoms with E-state index in [1.807, 2.05) is 0 Å². The Morgan fingerprint density at radius 2 is 2.64 bits per heavy atom. The normalized spacial score (nSPS) is 17.8. The fraction of sp³-hybridized carbons (Fsp3) is 0.143. The van der Waals surface area contributed by atoms with Gasteiger partial charge in [-0.05, 0) is 0 Å². The van der Waals surface area contributed by atoms with Crippen molar-refractivity contribution in [1.29, 1.82) is 0 Å². The Morgan fingerprint density at radius 3 is 3.09 bits per heavy atom. The lowest BCUT2D eigenvalue weighted by Crippen LogP contribution is -2.12. The molecule has 11 heavy (non-hydrogen) atoms. The summed E-state index contributed by atoms with van der Waals surface area (Å²) < 4.78 is 6.92. The molecule has 1 heterocycles. The van der Waals surface area contributed by atoms with Crippen molar-refractivity contribution in [2.24, 2.45) is 4.40 Å². The van der Waals surface area contributed by atoms with E-state index in [9.17, 15) is 4.79 Å². The second-order valence-electron chi connectivity index (χ2n) is 1.93. The third-order valence-electron chi connectivity index (χ3n) is 1.22. The Balaban J connectivity index is 2.76. The SMILES string of the molecule is C=C/C=C(/C=O)C1=NSNC1. The summed E-state index contributed by atoms with van der Waals surface area (Å²) >= 11 is 1.26. The fourth-order valence-electron chi connectivity index (χ4n) is 0.706. The van der Waals surface area contributed by atoms with Gasteiger partial charge in [0.25, 0.3) is 0 Å². The smallest absolute Gasteiger partial charge is 0.151 e. The van der Waals surface area contributed by atoms with Gasteiger partial charge in [0, 0.05) is 5.57 Å². The number of aldehydes is 1. The van der Waals surface area contributed by atoms with Gasteiger partial charge >= 0.3 is 0 Å². The van der Waals surface area contributed by atoms with Crippen LogP contribution in [0, 0.1) is 0 Å². The summed E-state index contributed by atoms with van der Waals surface area (Å²) in [5, 5.41) is 0. The molecule has 0 aromatic rings. The first-order valence-corrected chi connectivity index (χ1v) is 3.90. The standard InChI is InChI=1S/C7H8N2OS/c1-2-3-6(5-10)7-4-8-11-9-7/h2-3,5,8H,1,4H2/b6-3-. The molecule has 0 atom stereocenters. The number of nitrogens with one attached hydrogen (secondary N) is 1. The lowest BCUT2D eigenvalue weighted by molar-refractivity contribution is -0.104. The molecule has 0 saturated heterocycles. The highest BCUT2D eigenvalue weighted by Gasteiger charge is 2.09. The van der Waals surface area contributed by atoms with E-state index in [2.05, 4.69) is 15.7 Å². The number of rotatable bonds is 3. The van der Waals surface area contributed by atoms with Crippen LogP contribution in [0.15, 0.2) is 28.7 Å². The minimum atomic E-state index is 0.595. The van der Waals surface area contributed by atoms with Crippen LogP contribution in [0.1, 0.15) is 0 Å². The van der Waals surface area contributed by atoms with Crippen LogP contribution in [0.5, 0.6) is 0 Å². The quantitative estimate of drug-likeness (QED) is 0.295. The van der Waals surface area contributed by atoms with Crippen LogP contribution >= 0.6 is 12.1 Å². The summed E-state index contributed by atoms with van der Waals surface area (Å²) in [4.78, 5) is 10.4. The molecule has 0 fully saturated rings. The van der Waals surface area contributed by atoms with E-state index in [0.29, 0.717) is 12.1 Å². The van der Waals surface area contributed by atoms with Crippen LogP contribution in [0.3, 0.4) is 0 Å². The topological polar surface area (TPSA) is 41.5 Å². The molecule has 1 N–H and O–H groups in total. The molecule has 0 aromatic carbocycles. The van der Waals surface area contributed by atoms with Gasteiger partial charge < -0.3 is 0 Å². The maximum absolute atomic E-state index is 10.4. The molecule has 1 aliphatic heterocycles. The van der Waals surface area contributed by atoms with Crippen LogP contribution in [0.2, 0.25) is 0 Å². The zero-order valence-electron chi connectivity index (χ0n) is 5.91. The van der Waals surface area contributed by atoms with E-state index < -0.39 is 0 Å². The molecule has 0 unspecified atom stereocenters. The monoisotopic (exact) mass is 168 g/mol. The first kappa shape index (κ1) is 8.23. The van der Waals surface area contributed by atoms with Crippen molar-refractivity contribution in [2.45, 2.75) is 0 Å². The van der Waals surface area contributed by atoms with Gasteiger partial charge in [0.1, 0.15) is 0 Å². The molecule has 0 amide bonds. The number of carbonyl (C=O) groups is 1. The van der Waals surface area contributed by atoms with Crippen LogP contribution < -0.4 is 4.72 Å². The molecular weight excluding hydrogens is 160 g/mol. The molecule has 4 heteroatoms. The Morgan fingerprint density at radius 1 is 1.82 bits per heavy atom. The molecule has 0 spiro atoms. The zero-order chi connectivity index (χ0) is 8.10. The molecule has 0 radical (unpaired) electrons. The van der Waals surface area contributed by atoms with E-state index >= 15 is 0 Å². The summed E-state index contributed by atoms with van der Waals surface area (Å²) in [6.07, 6.45) is 4.02. The van der Waals surface area contributed by atoms with Gasteiger partial charge in [-0.2, -0.15) is 0 Å². The molecule has 1 rings (SSSR count). The van der Waals surface area contributed by atoms with Gasteiger partial charge in [-0.15, -0.1) is 0 Å². The highest BCUT2D eigenvalue weighted by atomic mass is 32.2. The predicted octanol–water partition coefficient (Wildman–Crippen LogP) is 0.905. The number of carbonyl (C=O) groups excluding carboxylic acids is 1. The third-order valence-corrected chi connectivity index (χ3v) is 1.80. The summed E-state index contributed by atoms with van der Waals surface area (Å²) in [6, 6.07) is 0. The Labute approximate surface area is 69.5 Å². The Kier molecular flexibility index (Phi) is 3.07. The first-order chi connectivity index (χ1) is 5.38. The predicted molar refractivity (Wildman–Crippen MR) is 47.4 cm³/mol. The number of nitrogens with zero attached hydrogens (tertiary/aromatic N) is 1. The summed E-state index contributed by atoms with van der Waals surface area (Å²) in [7, 11) is 0. The minimum Gasteiger partial charge on any atom is -0.298 e. The zero-order valence-corrected chi connectivity index (χ0v) is 6.73. The molecule has 3 nitrogen and oxygen atoms in total. The highest BCUT2D eigenvalue weighted by Crippen LogP contribution is 2.09. The van der Waals surface area contributed by atoms with Crippen molar-refractivity contribution in [3.63, 3.8) is 0 Å². The fourth-order valence-corrected chi connectivity index (χ4v) is 1.25. The van der Waals surface area contributed by atoms with Gasteiger partial charge in [0.15, 0.2) is 6.29 Å². The maximum atomic E-state index is 10.4.